The first-order valence-electron chi connectivity index (χ1n) is 5.17. The summed E-state index contributed by atoms with van der Waals surface area (Å²) in [7, 11) is 0. The average molecular weight is 313 g/mol. The van der Waals surface area contributed by atoms with Crippen LogP contribution in [0.5, 0.6) is 0 Å². The van der Waals surface area contributed by atoms with Gasteiger partial charge in [0.25, 0.3) is 0 Å². The van der Waals surface area contributed by atoms with Crippen LogP contribution in [-0.4, -0.2) is 39.1 Å². The van der Waals surface area contributed by atoms with Crippen molar-refractivity contribution in [2.45, 2.75) is 12.8 Å². The van der Waals surface area contributed by atoms with E-state index in [-0.39, 0.29) is 37.1 Å². The molecule has 0 aromatic carbocycles. The molecule has 0 aliphatic carbocycles. The Labute approximate surface area is 111 Å². The van der Waals surface area contributed by atoms with Crippen LogP contribution in [0.4, 0.5) is 5.95 Å². The molecule has 1 aromatic rings. The van der Waals surface area contributed by atoms with E-state index in [9.17, 15) is 14.4 Å². The summed E-state index contributed by atoms with van der Waals surface area (Å²) in [6, 6.07) is 0. The van der Waals surface area contributed by atoms with Crippen molar-refractivity contribution in [2.24, 2.45) is 0 Å². The SMILES string of the molecule is O=C(CN1C(=O)CCC1=O)Nc1ncc(Br)cn1. The van der Waals surface area contributed by atoms with Crippen LogP contribution in [-0.2, 0) is 14.4 Å². The Kier molecular flexibility index (Phi) is 3.66. The van der Waals surface area contributed by atoms with E-state index in [0.717, 1.165) is 4.90 Å². The maximum absolute atomic E-state index is 11.6. The third-order valence-corrected chi connectivity index (χ3v) is 2.74. The summed E-state index contributed by atoms with van der Waals surface area (Å²) in [5.74, 6) is -1.03. The molecule has 0 unspecified atom stereocenters. The standard InChI is InChI=1S/C10H9BrN4O3/c11-6-3-12-10(13-4-6)14-7(16)5-15-8(17)1-2-9(15)18/h3-4H,1-2,5H2,(H,12,13,14,16). The molecule has 2 rings (SSSR count). The number of hydrogen-bond donors (Lipinski definition) is 1. The van der Waals surface area contributed by atoms with Crippen molar-refractivity contribution in [1.29, 1.82) is 0 Å². The average Bonchev–Trinajstić information content (AvgIpc) is 2.64. The predicted octanol–water partition coefficient (Wildman–Crippen LogP) is 0.327. The van der Waals surface area contributed by atoms with E-state index in [4.69, 9.17) is 0 Å². The summed E-state index contributed by atoms with van der Waals surface area (Å²) in [5.41, 5.74) is 0. The number of likely N-dealkylation sites (tertiary alicyclic amines) is 1. The summed E-state index contributed by atoms with van der Waals surface area (Å²) in [4.78, 5) is 42.8. The van der Waals surface area contributed by atoms with E-state index in [1.165, 1.54) is 12.4 Å². The smallest absolute Gasteiger partial charge is 0.246 e. The number of carbonyl (C=O) groups excluding carboxylic acids is 3. The second-order valence-electron chi connectivity index (χ2n) is 3.65. The normalized spacial score (nSPS) is 15.1. The van der Waals surface area contributed by atoms with Crippen molar-refractivity contribution in [2.75, 3.05) is 11.9 Å². The summed E-state index contributed by atoms with van der Waals surface area (Å²) in [6.07, 6.45) is 3.30. The molecule has 0 spiro atoms. The molecule has 1 N–H and O–H groups in total. The number of amides is 3. The van der Waals surface area contributed by atoms with Crippen molar-refractivity contribution in [3.63, 3.8) is 0 Å². The van der Waals surface area contributed by atoms with E-state index in [1.54, 1.807) is 0 Å². The largest absolute Gasteiger partial charge is 0.293 e. The van der Waals surface area contributed by atoms with Gasteiger partial charge in [0, 0.05) is 25.2 Å². The molecule has 0 radical (unpaired) electrons. The van der Waals surface area contributed by atoms with Gasteiger partial charge < -0.3 is 0 Å². The molecule has 1 aliphatic heterocycles. The van der Waals surface area contributed by atoms with Crippen LogP contribution in [0.15, 0.2) is 16.9 Å². The van der Waals surface area contributed by atoms with Crippen LogP contribution in [0.3, 0.4) is 0 Å². The predicted molar refractivity (Wildman–Crippen MR) is 64.3 cm³/mol. The highest BCUT2D eigenvalue weighted by Gasteiger charge is 2.30. The zero-order chi connectivity index (χ0) is 13.1. The number of hydrogen-bond acceptors (Lipinski definition) is 5. The van der Waals surface area contributed by atoms with Gasteiger partial charge in [0.2, 0.25) is 23.7 Å². The van der Waals surface area contributed by atoms with Gasteiger partial charge in [-0.25, -0.2) is 9.97 Å². The van der Waals surface area contributed by atoms with Crippen molar-refractivity contribution in [3.05, 3.63) is 16.9 Å². The number of rotatable bonds is 3. The molecule has 0 atom stereocenters. The number of nitrogens with zero attached hydrogens (tertiary/aromatic N) is 3. The molecule has 2 heterocycles. The maximum atomic E-state index is 11.6. The Morgan fingerprint density at radius 3 is 2.39 bits per heavy atom. The molecule has 7 nitrogen and oxygen atoms in total. The van der Waals surface area contributed by atoms with Gasteiger partial charge in [-0.15, -0.1) is 0 Å². The van der Waals surface area contributed by atoms with Gasteiger partial charge in [-0.05, 0) is 15.9 Å². The molecule has 0 saturated carbocycles. The highest BCUT2D eigenvalue weighted by atomic mass is 79.9. The van der Waals surface area contributed by atoms with Crippen LogP contribution < -0.4 is 5.32 Å². The van der Waals surface area contributed by atoms with Gasteiger partial charge in [-0.2, -0.15) is 0 Å². The molecule has 1 aromatic heterocycles. The fourth-order valence-corrected chi connectivity index (χ4v) is 1.69. The van der Waals surface area contributed by atoms with Gasteiger partial charge in [0.15, 0.2) is 0 Å². The van der Waals surface area contributed by atoms with Crippen LogP contribution >= 0.6 is 15.9 Å². The van der Waals surface area contributed by atoms with E-state index >= 15 is 0 Å². The number of nitrogens with one attached hydrogen (secondary N) is 1. The van der Waals surface area contributed by atoms with Crippen molar-refractivity contribution < 1.29 is 14.4 Å². The zero-order valence-electron chi connectivity index (χ0n) is 9.22. The monoisotopic (exact) mass is 312 g/mol. The summed E-state index contributed by atoms with van der Waals surface area (Å²) in [5, 5.41) is 2.41. The van der Waals surface area contributed by atoms with E-state index in [2.05, 4.69) is 31.2 Å². The highest BCUT2D eigenvalue weighted by molar-refractivity contribution is 9.10. The summed E-state index contributed by atoms with van der Waals surface area (Å²) >= 11 is 3.16. The summed E-state index contributed by atoms with van der Waals surface area (Å²) in [6.45, 7) is -0.295. The molecular weight excluding hydrogens is 304 g/mol. The van der Waals surface area contributed by atoms with Crippen molar-refractivity contribution in [1.82, 2.24) is 14.9 Å². The van der Waals surface area contributed by atoms with Gasteiger partial charge >= 0.3 is 0 Å². The van der Waals surface area contributed by atoms with Gasteiger partial charge in [0.1, 0.15) is 6.54 Å². The minimum atomic E-state index is -0.499. The Hall–Kier alpha value is -1.83. The van der Waals surface area contributed by atoms with E-state index in [1.807, 2.05) is 0 Å². The lowest BCUT2D eigenvalue weighted by Crippen LogP contribution is -2.37. The number of carbonyl (C=O) groups is 3. The van der Waals surface area contributed by atoms with Crippen LogP contribution in [0.1, 0.15) is 12.8 Å². The number of halogens is 1. The minimum Gasteiger partial charge on any atom is -0.293 e. The molecule has 1 saturated heterocycles. The van der Waals surface area contributed by atoms with Gasteiger partial charge in [-0.3, -0.25) is 24.6 Å². The summed E-state index contributed by atoms with van der Waals surface area (Å²) < 4.78 is 0.686. The van der Waals surface area contributed by atoms with Gasteiger partial charge in [-0.1, -0.05) is 0 Å². The quantitative estimate of drug-likeness (QED) is 0.812. The lowest BCUT2D eigenvalue weighted by Gasteiger charge is -2.12. The molecule has 94 valence electrons. The lowest BCUT2D eigenvalue weighted by molar-refractivity contribution is -0.141. The molecule has 1 aliphatic rings. The van der Waals surface area contributed by atoms with Crippen LogP contribution in [0.25, 0.3) is 0 Å². The molecule has 3 amide bonds. The molecule has 0 bridgehead atoms. The Morgan fingerprint density at radius 1 is 1.28 bits per heavy atom. The van der Waals surface area contributed by atoms with Crippen LogP contribution in [0.2, 0.25) is 0 Å². The maximum Gasteiger partial charge on any atom is 0.246 e. The highest BCUT2D eigenvalue weighted by Crippen LogP contribution is 2.11. The first kappa shape index (κ1) is 12.6. The first-order valence-corrected chi connectivity index (χ1v) is 5.96. The Morgan fingerprint density at radius 2 is 1.83 bits per heavy atom. The van der Waals surface area contributed by atoms with Crippen molar-refractivity contribution in [3.8, 4) is 0 Å². The van der Waals surface area contributed by atoms with Crippen LogP contribution in [0, 0.1) is 0 Å². The first-order chi connectivity index (χ1) is 8.56. The third-order valence-electron chi connectivity index (χ3n) is 2.33. The van der Waals surface area contributed by atoms with Gasteiger partial charge in [0.05, 0.1) is 4.47 Å². The topological polar surface area (TPSA) is 92.3 Å². The molecular formula is C10H9BrN4O3. The Balaban J connectivity index is 1.94. The fraction of sp³-hybridized carbons (Fsp3) is 0.300. The lowest BCUT2D eigenvalue weighted by atomic mass is 10.4. The second kappa shape index (κ2) is 5.21. The molecule has 8 heteroatoms. The second-order valence-corrected chi connectivity index (χ2v) is 4.56. The van der Waals surface area contributed by atoms with E-state index < -0.39 is 5.91 Å². The Bertz CT molecular complexity index is 486. The number of imide groups is 1. The van der Waals surface area contributed by atoms with Crippen molar-refractivity contribution >= 4 is 39.6 Å². The number of aromatic nitrogens is 2. The minimum absolute atomic E-state index is 0.127. The third kappa shape index (κ3) is 2.89. The fourth-order valence-electron chi connectivity index (χ4n) is 1.48. The van der Waals surface area contributed by atoms with E-state index in [0.29, 0.717) is 4.47 Å². The zero-order valence-corrected chi connectivity index (χ0v) is 10.8. The number of anilines is 1. The molecule has 18 heavy (non-hydrogen) atoms. The molecule has 1 fully saturated rings.